The molecule has 1 aromatic carbocycles. The number of ketones is 1. The highest BCUT2D eigenvalue weighted by Crippen LogP contribution is 2.28. The molecule has 1 heterocycles. The van der Waals surface area contributed by atoms with Gasteiger partial charge >= 0.3 is 23.9 Å². The average Bonchev–Trinajstić information content (AvgIpc) is 3.15. The van der Waals surface area contributed by atoms with E-state index in [1.807, 2.05) is 0 Å². The molecule has 0 aliphatic rings. The molecule has 0 unspecified atom stereocenters. The lowest BCUT2D eigenvalue weighted by Crippen LogP contribution is -2.39. The second-order valence-corrected chi connectivity index (χ2v) is 10.1. The van der Waals surface area contributed by atoms with Gasteiger partial charge in [0.2, 0.25) is 0 Å². The molecule has 11 nitrogen and oxygen atoms in total. The molecule has 0 saturated heterocycles. The van der Waals surface area contributed by atoms with E-state index >= 15 is 0 Å². The van der Waals surface area contributed by atoms with Crippen LogP contribution < -0.4 is 5.32 Å². The molecule has 198 valence electrons. The van der Waals surface area contributed by atoms with Crippen molar-refractivity contribution in [2.75, 3.05) is 6.61 Å². The van der Waals surface area contributed by atoms with E-state index in [4.69, 9.17) is 14.2 Å². The number of amides is 1. The van der Waals surface area contributed by atoms with Gasteiger partial charge in [0, 0.05) is 11.8 Å². The third-order valence-corrected chi connectivity index (χ3v) is 4.64. The van der Waals surface area contributed by atoms with Gasteiger partial charge in [-0.15, -0.1) is 0 Å². The lowest BCUT2D eigenvalue weighted by atomic mass is 10.0. The molecule has 0 aliphatic heterocycles. The maximum absolute atomic E-state index is 13.2. The number of rotatable bonds is 8. The maximum Gasteiger partial charge on any atom is 0.441 e. The molecule has 2 rings (SSSR count). The fourth-order valence-electron chi connectivity index (χ4n) is 3.32. The molecular formula is C26H32N4O7. The fourth-order valence-corrected chi connectivity index (χ4v) is 3.32. The van der Waals surface area contributed by atoms with Crippen LogP contribution in [0.1, 0.15) is 59.7 Å². The first-order valence-corrected chi connectivity index (χ1v) is 11.5. The molecule has 0 saturated carbocycles. The zero-order valence-corrected chi connectivity index (χ0v) is 21.9. The number of fused-ring (bicyclic) bond motifs is 1. The molecule has 0 aliphatic carbocycles. The van der Waals surface area contributed by atoms with Gasteiger partial charge in [-0.3, -0.25) is 4.79 Å². The van der Waals surface area contributed by atoms with Crippen LogP contribution in [0.4, 0.5) is 9.59 Å². The Balaban J connectivity index is 2.59. The Morgan fingerprint density at radius 3 is 2.27 bits per heavy atom. The number of carbonyl (C=O) groups is 4. The molecule has 1 N–H and O–H groups in total. The summed E-state index contributed by atoms with van der Waals surface area (Å²) in [4.78, 5) is 54.0. The van der Waals surface area contributed by atoms with Crippen LogP contribution >= 0.6 is 0 Å². The molecule has 11 heteroatoms. The van der Waals surface area contributed by atoms with Crippen molar-refractivity contribution in [1.82, 2.24) is 9.88 Å². The van der Waals surface area contributed by atoms with Gasteiger partial charge < -0.3 is 25.1 Å². The zero-order valence-electron chi connectivity index (χ0n) is 21.9. The molecule has 37 heavy (non-hydrogen) atoms. The van der Waals surface area contributed by atoms with Crippen LogP contribution in [-0.2, 0) is 23.8 Å². The normalized spacial score (nSPS) is 12.2. The summed E-state index contributed by atoms with van der Waals surface area (Å²) in [5, 5.41) is 3.22. The summed E-state index contributed by atoms with van der Waals surface area (Å²) in [6.07, 6.45) is -0.902. The Morgan fingerprint density at radius 2 is 1.70 bits per heavy atom. The predicted molar refractivity (Wildman–Crippen MR) is 135 cm³/mol. The van der Waals surface area contributed by atoms with Gasteiger partial charge in [0.25, 0.3) is 5.78 Å². The second kappa shape index (κ2) is 11.7. The molecule has 0 bridgehead atoms. The molecule has 0 spiro atoms. The largest absolute Gasteiger partial charge is 0.453 e. The Hall–Kier alpha value is -4.24. The summed E-state index contributed by atoms with van der Waals surface area (Å²) in [6.45, 7) is 13.3. The highest BCUT2D eigenvalue weighted by Gasteiger charge is 2.36. The van der Waals surface area contributed by atoms with Gasteiger partial charge in [0.05, 0.1) is 17.3 Å². The predicted octanol–water partition coefficient (Wildman–Crippen LogP) is 4.35. The number of para-hydroxylation sites is 1. The van der Waals surface area contributed by atoms with Crippen LogP contribution in [-0.4, -0.2) is 56.8 Å². The molecule has 1 amide bonds. The maximum atomic E-state index is 13.2. The minimum atomic E-state index is -1.19. The van der Waals surface area contributed by atoms with E-state index in [0.717, 1.165) is 0 Å². The molecular weight excluding hydrogens is 480 g/mol. The minimum absolute atomic E-state index is 0.186. The van der Waals surface area contributed by atoms with Crippen molar-refractivity contribution in [1.29, 1.82) is 0 Å². The number of nitrogens with one attached hydrogen (secondary N) is 1. The van der Waals surface area contributed by atoms with E-state index in [1.165, 1.54) is 10.6 Å². The van der Waals surface area contributed by atoms with E-state index in [1.54, 1.807) is 71.9 Å². The van der Waals surface area contributed by atoms with Gasteiger partial charge in [-0.05, 0) is 53.7 Å². The van der Waals surface area contributed by atoms with E-state index in [2.05, 4.69) is 16.7 Å². The van der Waals surface area contributed by atoms with Crippen molar-refractivity contribution in [2.24, 2.45) is 0 Å². The number of esters is 1. The van der Waals surface area contributed by atoms with Crippen LogP contribution in [0.3, 0.4) is 0 Å². The number of nitrogens with zero attached hydrogens (tertiary/aromatic N) is 3. The van der Waals surface area contributed by atoms with Gasteiger partial charge in [-0.1, -0.05) is 30.9 Å². The van der Waals surface area contributed by atoms with Crippen molar-refractivity contribution < 1.29 is 38.2 Å². The monoisotopic (exact) mass is 512 g/mol. The number of benzene rings is 1. The molecule has 2 aromatic rings. The lowest BCUT2D eigenvalue weighted by molar-refractivity contribution is -0.141. The quantitative estimate of drug-likeness (QED) is 0.105. The molecule has 1 aromatic heterocycles. The Morgan fingerprint density at radius 1 is 1.08 bits per heavy atom. The third-order valence-electron chi connectivity index (χ3n) is 4.64. The summed E-state index contributed by atoms with van der Waals surface area (Å²) >= 11 is 0. The molecule has 1 atom stereocenters. The summed E-state index contributed by atoms with van der Waals surface area (Å²) in [6, 6.07) is 7.34. The standard InChI is InChI=1S/C26H32N4O7/c1-8-13-35-22(32)21(29-27)20(31)15-17(28-23(33)36-25(2,3)4)19-14-16-11-9-10-12-18(16)30(19)24(34)37-26(5,6)7/h8-12,14,17H,1,13,15H2,2-7H3,(H,28,33)/t17-/m1/s1. The van der Waals surface area contributed by atoms with Crippen molar-refractivity contribution in [2.45, 2.75) is 65.2 Å². The number of hydrogen-bond acceptors (Lipinski definition) is 7. The number of aromatic nitrogens is 1. The summed E-state index contributed by atoms with van der Waals surface area (Å²) in [7, 11) is 0. The lowest BCUT2D eigenvalue weighted by Gasteiger charge is -2.25. The van der Waals surface area contributed by atoms with Crippen LogP contribution in [0.2, 0.25) is 0 Å². The highest BCUT2D eigenvalue weighted by atomic mass is 16.6. The third kappa shape index (κ3) is 8.15. The fraction of sp³-hybridized carbons (Fsp3) is 0.423. The van der Waals surface area contributed by atoms with Crippen LogP contribution in [0.25, 0.3) is 16.4 Å². The second-order valence-electron chi connectivity index (χ2n) is 10.1. The van der Waals surface area contributed by atoms with E-state index in [-0.39, 0.29) is 12.3 Å². The van der Waals surface area contributed by atoms with Crippen LogP contribution in [0.15, 0.2) is 43.0 Å². The first-order valence-electron chi connectivity index (χ1n) is 11.5. The van der Waals surface area contributed by atoms with Gasteiger partial charge in [0.15, 0.2) is 0 Å². The van der Waals surface area contributed by atoms with Gasteiger partial charge in [-0.25, -0.2) is 19.0 Å². The van der Waals surface area contributed by atoms with E-state index in [0.29, 0.717) is 10.9 Å². The van der Waals surface area contributed by atoms with Crippen molar-refractivity contribution in [3.05, 3.63) is 54.2 Å². The number of Topliss-reactive ketones (excluding diaryl/α,β-unsaturated/α-hetero) is 1. The first kappa shape index (κ1) is 29.0. The minimum Gasteiger partial charge on any atom is -0.453 e. The highest BCUT2D eigenvalue weighted by molar-refractivity contribution is 6.62. The topological polar surface area (TPSA) is 149 Å². The van der Waals surface area contributed by atoms with Gasteiger partial charge in [0.1, 0.15) is 17.8 Å². The number of hydrogen-bond donors (Lipinski definition) is 1. The van der Waals surface area contributed by atoms with Gasteiger partial charge in [-0.2, -0.15) is 4.79 Å². The summed E-state index contributed by atoms with van der Waals surface area (Å²) < 4.78 is 17.0. The van der Waals surface area contributed by atoms with Crippen molar-refractivity contribution >= 4 is 40.6 Å². The Bertz CT molecular complexity index is 1260. The summed E-state index contributed by atoms with van der Waals surface area (Å²) in [5.74, 6) is -2.12. The van der Waals surface area contributed by atoms with Crippen LogP contribution in [0, 0.1) is 0 Å². The number of ether oxygens (including phenoxy) is 3. The number of alkyl carbamates (subject to hydrolysis) is 1. The first-order chi connectivity index (χ1) is 17.2. The van der Waals surface area contributed by atoms with E-state index < -0.39 is 53.3 Å². The van der Waals surface area contributed by atoms with Crippen molar-refractivity contribution in [3.8, 4) is 0 Å². The Labute approximate surface area is 215 Å². The van der Waals surface area contributed by atoms with Crippen LogP contribution in [0.5, 0.6) is 0 Å². The Kier molecular flexibility index (Phi) is 9.14. The molecule has 0 fully saturated rings. The number of carbonyl (C=O) groups excluding carboxylic acids is 4. The van der Waals surface area contributed by atoms with E-state index in [9.17, 15) is 24.7 Å². The summed E-state index contributed by atoms with van der Waals surface area (Å²) in [5.41, 5.74) is 7.40. The van der Waals surface area contributed by atoms with Crippen molar-refractivity contribution in [3.63, 3.8) is 0 Å². The average molecular weight is 513 g/mol. The zero-order chi connectivity index (χ0) is 28.0. The molecule has 0 radical (unpaired) electrons. The smallest absolute Gasteiger partial charge is 0.441 e. The SMILES string of the molecule is C=CCOC(=O)C(=[N+]=[N-])C(=O)C[C@@H](NC(=O)OC(C)(C)C)c1cc2ccccc2n1C(=O)OC(C)(C)C.